The predicted octanol–water partition coefficient (Wildman–Crippen LogP) is 4.54. The van der Waals surface area contributed by atoms with Gasteiger partial charge < -0.3 is 4.74 Å². The van der Waals surface area contributed by atoms with E-state index >= 15 is 0 Å². The first-order valence-corrected chi connectivity index (χ1v) is 9.39. The molecule has 0 N–H and O–H groups in total. The summed E-state index contributed by atoms with van der Waals surface area (Å²) in [4.78, 5) is 13.2. The predicted molar refractivity (Wildman–Crippen MR) is 112 cm³/mol. The van der Waals surface area contributed by atoms with Crippen LogP contribution in [0.1, 0.15) is 27.2 Å². The van der Waals surface area contributed by atoms with Gasteiger partial charge in [0.15, 0.2) is 5.69 Å². The number of carbonyl (C=O) groups excluding carboxylic acids is 1. The van der Waals surface area contributed by atoms with E-state index in [0.717, 1.165) is 22.4 Å². The van der Waals surface area contributed by atoms with Gasteiger partial charge in [-0.25, -0.2) is 4.68 Å². The topological polar surface area (TPSA) is 57.0 Å². The van der Waals surface area contributed by atoms with Crippen LogP contribution in [0.4, 0.5) is 0 Å². The molecule has 1 heterocycles. The second kappa shape index (κ2) is 8.10. The van der Waals surface area contributed by atoms with E-state index in [-0.39, 0.29) is 5.78 Å². The van der Waals surface area contributed by atoms with Gasteiger partial charge in [-0.15, -0.1) is 5.10 Å². The van der Waals surface area contributed by atoms with Crippen LogP contribution in [0.2, 0.25) is 0 Å². The number of aromatic nitrogens is 3. The van der Waals surface area contributed by atoms with E-state index in [2.05, 4.69) is 10.3 Å². The Balaban J connectivity index is 1.80. The number of ether oxygens (including phenoxy) is 1. The normalized spacial score (nSPS) is 10.7. The molecule has 0 unspecified atom stereocenters. The number of ketones is 1. The monoisotopic (exact) mass is 383 g/mol. The van der Waals surface area contributed by atoms with E-state index in [4.69, 9.17) is 4.74 Å². The fourth-order valence-corrected chi connectivity index (χ4v) is 3.21. The quantitative estimate of drug-likeness (QED) is 0.459. The molecule has 29 heavy (non-hydrogen) atoms. The number of nitrogens with zero attached hydrogens (tertiary/aromatic N) is 3. The largest absolute Gasteiger partial charge is 0.497 e. The van der Waals surface area contributed by atoms with E-state index in [1.165, 1.54) is 0 Å². The maximum absolute atomic E-state index is 13.2. The minimum absolute atomic E-state index is 0.143. The number of rotatable bonds is 6. The van der Waals surface area contributed by atoms with E-state index in [0.29, 0.717) is 23.5 Å². The Labute approximate surface area is 169 Å². The Hall–Kier alpha value is -3.73. The second-order valence-electron chi connectivity index (χ2n) is 6.85. The minimum Gasteiger partial charge on any atom is -0.497 e. The summed E-state index contributed by atoms with van der Waals surface area (Å²) < 4.78 is 7.04. The van der Waals surface area contributed by atoms with Crippen LogP contribution in [0.3, 0.4) is 0 Å². The number of hydrogen-bond donors (Lipinski definition) is 0. The Morgan fingerprint density at radius 2 is 1.62 bits per heavy atom. The molecule has 0 saturated heterocycles. The summed E-state index contributed by atoms with van der Waals surface area (Å²) in [5.74, 6) is 0.609. The summed E-state index contributed by atoms with van der Waals surface area (Å²) in [7, 11) is 1.63. The molecule has 144 valence electrons. The van der Waals surface area contributed by atoms with Crippen molar-refractivity contribution in [1.82, 2.24) is 15.0 Å². The van der Waals surface area contributed by atoms with E-state index in [1.54, 1.807) is 11.8 Å². The Morgan fingerprint density at radius 3 is 2.28 bits per heavy atom. The lowest BCUT2D eigenvalue weighted by Gasteiger charge is -2.09. The fraction of sp³-hybridized carbons (Fsp3) is 0.125. The van der Waals surface area contributed by atoms with Crippen molar-refractivity contribution in [2.45, 2.75) is 13.5 Å². The standard InChI is InChI=1S/C24H21N3O2/c1-17-8-10-20(11-9-17)24(28)22-23(19-12-14-21(29-2)15-13-19)27(26-25-22)16-18-6-4-3-5-7-18/h3-15H,16H2,1-2H3. The number of hydrogen-bond acceptors (Lipinski definition) is 4. The van der Waals surface area contributed by atoms with Crippen molar-refractivity contribution in [3.63, 3.8) is 0 Å². The zero-order valence-electron chi connectivity index (χ0n) is 16.4. The molecule has 5 heteroatoms. The van der Waals surface area contributed by atoms with Crippen LogP contribution in [-0.2, 0) is 6.54 Å². The van der Waals surface area contributed by atoms with E-state index in [1.807, 2.05) is 85.8 Å². The molecule has 4 aromatic rings. The molecule has 0 aliphatic carbocycles. The molecule has 0 atom stereocenters. The first-order valence-electron chi connectivity index (χ1n) is 9.39. The van der Waals surface area contributed by atoms with Crippen molar-refractivity contribution in [1.29, 1.82) is 0 Å². The molecule has 0 saturated carbocycles. The van der Waals surface area contributed by atoms with Crippen molar-refractivity contribution < 1.29 is 9.53 Å². The van der Waals surface area contributed by atoms with Gasteiger partial charge in [-0.3, -0.25) is 4.79 Å². The molecule has 0 aliphatic rings. The summed E-state index contributed by atoms with van der Waals surface area (Å²) in [5.41, 5.74) is 4.68. The first-order chi connectivity index (χ1) is 14.2. The lowest BCUT2D eigenvalue weighted by Crippen LogP contribution is -2.07. The van der Waals surface area contributed by atoms with Crippen molar-refractivity contribution in [2.75, 3.05) is 7.11 Å². The average Bonchev–Trinajstić information content (AvgIpc) is 3.18. The molecule has 4 rings (SSSR count). The Morgan fingerprint density at radius 1 is 0.931 bits per heavy atom. The van der Waals surface area contributed by atoms with Crippen LogP contribution in [0.25, 0.3) is 11.3 Å². The van der Waals surface area contributed by atoms with Gasteiger partial charge in [0.1, 0.15) is 11.4 Å². The van der Waals surface area contributed by atoms with Crippen molar-refractivity contribution in [2.24, 2.45) is 0 Å². The SMILES string of the molecule is COc1ccc(-c2c(C(=O)c3ccc(C)cc3)nnn2Cc2ccccc2)cc1. The van der Waals surface area contributed by atoms with Crippen LogP contribution in [0.5, 0.6) is 5.75 Å². The molecular weight excluding hydrogens is 362 g/mol. The van der Waals surface area contributed by atoms with Crippen LogP contribution >= 0.6 is 0 Å². The molecule has 0 fully saturated rings. The number of carbonyl (C=O) groups is 1. The number of methoxy groups -OCH3 is 1. The molecule has 3 aromatic carbocycles. The Kier molecular flexibility index (Phi) is 5.20. The summed E-state index contributed by atoms with van der Waals surface area (Å²) in [6.45, 7) is 2.52. The third-order valence-electron chi connectivity index (χ3n) is 4.80. The highest BCUT2D eigenvalue weighted by molar-refractivity contribution is 6.11. The van der Waals surface area contributed by atoms with Gasteiger partial charge in [-0.05, 0) is 36.8 Å². The maximum atomic E-state index is 13.2. The van der Waals surface area contributed by atoms with Gasteiger partial charge in [0, 0.05) is 11.1 Å². The van der Waals surface area contributed by atoms with Gasteiger partial charge in [-0.1, -0.05) is 65.4 Å². The number of benzene rings is 3. The summed E-state index contributed by atoms with van der Waals surface area (Å²) in [6.07, 6.45) is 0. The third kappa shape index (κ3) is 3.94. The smallest absolute Gasteiger partial charge is 0.215 e. The molecule has 1 aromatic heterocycles. The van der Waals surface area contributed by atoms with Gasteiger partial charge in [-0.2, -0.15) is 0 Å². The highest BCUT2D eigenvalue weighted by atomic mass is 16.5. The molecule has 0 radical (unpaired) electrons. The lowest BCUT2D eigenvalue weighted by atomic mass is 10.0. The average molecular weight is 383 g/mol. The lowest BCUT2D eigenvalue weighted by molar-refractivity contribution is 0.103. The Bertz CT molecular complexity index is 1120. The zero-order chi connectivity index (χ0) is 20.2. The van der Waals surface area contributed by atoms with Crippen molar-refractivity contribution >= 4 is 5.78 Å². The highest BCUT2D eigenvalue weighted by Crippen LogP contribution is 2.27. The van der Waals surface area contributed by atoms with Gasteiger partial charge in [0.25, 0.3) is 0 Å². The summed E-state index contributed by atoms with van der Waals surface area (Å²) in [6, 6.07) is 25.1. The summed E-state index contributed by atoms with van der Waals surface area (Å²) in [5, 5.41) is 8.57. The van der Waals surface area contributed by atoms with Crippen molar-refractivity contribution in [3.8, 4) is 17.0 Å². The van der Waals surface area contributed by atoms with E-state index in [9.17, 15) is 4.79 Å². The zero-order valence-corrected chi connectivity index (χ0v) is 16.4. The number of aryl methyl sites for hydroxylation is 1. The fourth-order valence-electron chi connectivity index (χ4n) is 3.21. The highest BCUT2D eigenvalue weighted by Gasteiger charge is 2.22. The van der Waals surface area contributed by atoms with Gasteiger partial charge in [0.05, 0.1) is 13.7 Å². The van der Waals surface area contributed by atoms with Crippen LogP contribution in [-0.4, -0.2) is 27.9 Å². The molecule has 5 nitrogen and oxygen atoms in total. The third-order valence-corrected chi connectivity index (χ3v) is 4.80. The van der Waals surface area contributed by atoms with Crippen LogP contribution < -0.4 is 4.74 Å². The van der Waals surface area contributed by atoms with E-state index < -0.39 is 0 Å². The van der Waals surface area contributed by atoms with Gasteiger partial charge in [0.2, 0.25) is 5.78 Å². The maximum Gasteiger partial charge on any atom is 0.215 e. The second-order valence-corrected chi connectivity index (χ2v) is 6.85. The van der Waals surface area contributed by atoms with Gasteiger partial charge >= 0.3 is 0 Å². The minimum atomic E-state index is -0.143. The summed E-state index contributed by atoms with van der Waals surface area (Å²) >= 11 is 0. The van der Waals surface area contributed by atoms with Crippen LogP contribution in [0, 0.1) is 6.92 Å². The molecular formula is C24H21N3O2. The molecule has 0 aliphatic heterocycles. The van der Waals surface area contributed by atoms with Crippen LogP contribution in [0.15, 0.2) is 78.9 Å². The molecule has 0 bridgehead atoms. The first kappa shape index (κ1) is 18.6. The molecule has 0 spiro atoms. The van der Waals surface area contributed by atoms with Crippen molar-refractivity contribution in [3.05, 3.63) is 101 Å². The molecule has 0 amide bonds.